The Hall–Kier alpha value is -4.77. The van der Waals surface area contributed by atoms with Crippen LogP contribution in [0.5, 0.6) is 0 Å². The molecule has 0 bridgehead atoms. The van der Waals surface area contributed by atoms with E-state index < -0.39 is 5.82 Å². The van der Waals surface area contributed by atoms with Crippen LogP contribution < -0.4 is 5.69 Å². The third-order valence-electron chi connectivity index (χ3n) is 12.9. The lowest BCUT2D eigenvalue weighted by Gasteiger charge is -2.32. The van der Waals surface area contributed by atoms with Crippen molar-refractivity contribution in [1.82, 2.24) is 28.9 Å². The van der Waals surface area contributed by atoms with Gasteiger partial charge in [0.25, 0.3) is 5.91 Å². The van der Waals surface area contributed by atoms with E-state index in [1.165, 1.54) is 101 Å². The lowest BCUT2D eigenvalue weighted by molar-refractivity contribution is -0.144. The van der Waals surface area contributed by atoms with Crippen molar-refractivity contribution in [3.63, 3.8) is 0 Å². The van der Waals surface area contributed by atoms with Crippen molar-refractivity contribution in [3.05, 3.63) is 94.0 Å². The van der Waals surface area contributed by atoms with Crippen LogP contribution in [0.3, 0.4) is 0 Å². The van der Waals surface area contributed by atoms with Crippen LogP contribution in [0.4, 0.5) is 4.39 Å². The number of piperidine rings is 1. The summed E-state index contributed by atoms with van der Waals surface area (Å²) in [6, 6.07) is 12.5. The minimum Gasteiger partial charge on any atom is -0.464 e. The van der Waals surface area contributed by atoms with Gasteiger partial charge in [-0.3, -0.25) is 24.0 Å². The van der Waals surface area contributed by atoms with Gasteiger partial charge in [0.2, 0.25) is 0 Å². The number of unbranched alkanes of at least 4 members (excludes halogenated alkanes) is 14. The Balaban J connectivity index is 0.966. The Kier molecular flexibility index (Phi) is 17.8. The number of nitrogens with one attached hydrogen (secondary N) is 1. The van der Waals surface area contributed by atoms with Crippen molar-refractivity contribution in [3.8, 4) is 5.69 Å². The minimum atomic E-state index is -0.452. The molecule has 1 fully saturated rings. The van der Waals surface area contributed by atoms with Crippen LogP contribution in [0.2, 0.25) is 0 Å². The Bertz CT molecular complexity index is 2260. The average Bonchev–Trinajstić information content (AvgIpc) is 3.81. The van der Waals surface area contributed by atoms with E-state index in [9.17, 15) is 18.8 Å². The quantitative estimate of drug-likeness (QED) is 0.0463. The fourth-order valence-corrected chi connectivity index (χ4v) is 9.15. The highest BCUT2D eigenvalue weighted by Gasteiger charge is 2.27. The zero-order valence-electron chi connectivity index (χ0n) is 37.9. The first-order valence-corrected chi connectivity index (χ1v) is 23.8. The Morgan fingerprint density at radius 3 is 2.29 bits per heavy atom. The van der Waals surface area contributed by atoms with Gasteiger partial charge in [-0.15, -0.1) is 0 Å². The normalized spacial score (nSPS) is 14.6. The third-order valence-corrected chi connectivity index (χ3v) is 12.9. The van der Waals surface area contributed by atoms with Crippen molar-refractivity contribution in [2.75, 3.05) is 26.7 Å². The van der Waals surface area contributed by atoms with Gasteiger partial charge >= 0.3 is 11.7 Å². The number of imidazole rings is 1. The van der Waals surface area contributed by atoms with Gasteiger partial charge < -0.3 is 19.2 Å². The average molecular weight is 851 g/mol. The van der Waals surface area contributed by atoms with E-state index in [2.05, 4.69) is 40.1 Å². The zero-order valence-corrected chi connectivity index (χ0v) is 37.9. The van der Waals surface area contributed by atoms with Crippen LogP contribution >= 0.6 is 0 Å². The zero-order chi connectivity index (χ0) is 43.8. The monoisotopic (exact) mass is 851 g/mol. The molecule has 1 unspecified atom stereocenters. The first-order chi connectivity index (χ1) is 30.1. The number of halogens is 1. The highest BCUT2D eigenvalue weighted by Crippen LogP contribution is 2.36. The van der Waals surface area contributed by atoms with E-state index in [0.29, 0.717) is 24.2 Å². The maximum absolute atomic E-state index is 14.6. The molecule has 336 valence electrons. The van der Waals surface area contributed by atoms with Gasteiger partial charge in [-0.2, -0.15) is 0 Å². The minimum absolute atomic E-state index is 0.0406. The number of hydrogen-bond donors (Lipinski definition) is 1. The molecule has 10 nitrogen and oxygen atoms in total. The number of benzene rings is 2. The molecule has 4 heterocycles. The van der Waals surface area contributed by atoms with Crippen molar-refractivity contribution in [1.29, 1.82) is 0 Å². The van der Waals surface area contributed by atoms with Crippen molar-refractivity contribution < 1.29 is 18.7 Å². The summed E-state index contributed by atoms with van der Waals surface area (Å²) in [7, 11) is 1.74. The molecule has 1 N–H and O–H groups in total. The summed E-state index contributed by atoms with van der Waals surface area (Å²) >= 11 is 0. The fraction of sp³-hybridized carbons (Fsp3) is 0.569. The van der Waals surface area contributed by atoms with Gasteiger partial charge in [0.05, 0.1) is 40.5 Å². The molecule has 1 atom stereocenters. The van der Waals surface area contributed by atoms with E-state index in [-0.39, 0.29) is 36.1 Å². The van der Waals surface area contributed by atoms with Gasteiger partial charge in [-0.1, -0.05) is 103 Å². The smallest absolute Gasteiger partial charge is 0.326 e. The Morgan fingerprint density at radius 1 is 0.903 bits per heavy atom. The van der Waals surface area contributed by atoms with Crippen LogP contribution in [0.1, 0.15) is 164 Å². The predicted molar refractivity (Wildman–Crippen MR) is 249 cm³/mol. The standard InChI is InChI=1S/C51H71FN6O4/c1-5-6-7-8-9-10-11-12-13-14-15-16-17-18-19-22-49(59)62-31-30-57-47-25-23-39(32-45(47)54-51(57)61)35-56-29-20-21-40(36-56)44-37-58(48-34-53-28-27-42(44)48)46-26-24-41(52)33-43(46)50(60)55(4)38(2)3/h23-28,32-34,37-38,40H,5-22,29-31,35-36H2,1-4H3,(H,54,61). The summed E-state index contributed by atoms with van der Waals surface area (Å²) in [6.45, 7) is 9.15. The van der Waals surface area contributed by atoms with Gasteiger partial charge in [0.1, 0.15) is 12.4 Å². The number of carbonyl (C=O) groups is 2. The number of esters is 1. The number of ether oxygens (including phenoxy) is 1. The maximum atomic E-state index is 14.6. The molecule has 1 aliphatic rings. The van der Waals surface area contributed by atoms with E-state index in [1.807, 2.05) is 36.7 Å². The summed E-state index contributed by atoms with van der Waals surface area (Å²) in [5.41, 5.74) is 5.47. The number of pyridine rings is 1. The van der Waals surface area contributed by atoms with Gasteiger partial charge in [-0.05, 0) is 93.1 Å². The lowest BCUT2D eigenvalue weighted by Crippen LogP contribution is -2.34. The Morgan fingerprint density at radius 2 is 1.60 bits per heavy atom. The number of rotatable bonds is 25. The van der Waals surface area contributed by atoms with E-state index in [1.54, 1.807) is 28.8 Å². The molecule has 2 aromatic carbocycles. The summed E-state index contributed by atoms with van der Waals surface area (Å²) in [5, 5.41) is 1.07. The number of nitrogens with zero attached hydrogens (tertiary/aromatic N) is 5. The maximum Gasteiger partial charge on any atom is 0.326 e. The van der Waals surface area contributed by atoms with Crippen molar-refractivity contribution >= 4 is 33.8 Å². The summed E-state index contributed by atoms with van der Waals surface area (Å²) in [5.74, 6) is -0.643. The van der Waals surface area contributed by atoms with E-state index in [0.717, 1.165) is 72.8 Å². The van der Waals surface area contributed by atoms with Crippen LogP contribution in [-0.2, 0) is 22.6 Å². The number of likely N-dealkylation sites (tertiary alicyclic amines) is 1. The van der Waals surface area contributed by atoms with Crippen molar-refractivity contribution in [2.24, 2.45) is 0 Å². The second-order valence-electron chi connectivity index (χ2n) is 17.9. The highest BCUT2D eigenvalue weighted by atomic mass is 19.1. The van der Waals surface area contributed by atoms with Gasteiger partial charge in [0, 0.05) is 50.4 Å². The first kappa shape index (κ1) is 46.7. The van der Waals surface area contributed by atoms with Crippen LogP contribution in [0.15, 0.2) is 65.8 Å². The summed E-state index contributed by atoms with van der Waals surface area (Å²) < 4.78 is 23.8. The molecule has 1 saturated heterocycles. The molecular formula is C51H71FN6O4. The van der Waals surface area contributed by atoms with Crippen molar-refractivity contribution in [2.45, 2.75) is 161 Å². The number of aromatic amines is 1. The van der Waals surface area contributed by atoms with Crippen LogP contribution in [0, 0.1) is 5.82 Å². The fourth-order valence-electron chi connectivity index (χ4n) is 9.15. The molecule has 6 rings (SSSR count). The number of hydrogen-bond acceptors (Lipinski definition) is 6. The molecule has 3 aromatic heterocycles. The van der Waals surface area contributed by atoms with E-state index in [4.69, 9.17) is 4.74 Å². The Labute approximate surface area is 368 Å². The second-order valence-corrected chi connectivity index (χ2v) is 17.9. The van der Waals surface area contributed by atoms with Crippen LogP contribution in [-0.4, -0.2) is 73.6 Å². The molecule has 1 amide bonds. The highest BCUT2D eigenvalue weighted by molar-refractivity contribution is 5.99. The SMILES string of the molecule is CCCCCCCCCCCCCCCCCC(=O)OCCn1c(=O)[nH]c2cc(CN3CCCC(c4cn(-c5ccc(F)cc5C(=O)N(C)C(C)C)c5cnccc45)C3)ccc21. The largest absolute Gasteiger partial charge is 0.464 e. The predicted octanol–water partition coefficient (Wildman–Crippen LogP) is 11.5. The number of fused-ring (bicyclic) bond motifs is 2. The molecule has 0 saturated carbocycles. The third kappa shape index (κ3) is 12.7. The molecule has 62 heavy (non-hydrogen) atoms. The van der Waals surface area contributed by atoms with Gasteiger partial charge in [0.15, 0.2) is 0 Å². The molecule has 0 radical (unpaired) electrons. The summed E-state index contributed by atoms with van der Waals surface area (Å²) in [4.78, 5) is 50.6. The van der Waals surface area contributed by atoms with Crippen LogP contribution in [0.25, 0.3) is 27.6 Å². The molecule has 11 heteroatoms. The summed E-state index contributed by atoms with van der Waals surface area (Å²) in [6.07, 6.45) is 27.5. The first-order valence-electron chi connectivity index (χ1n) is 23.8. The molecular weight excluding hydrogens is 780 g/mol. The number of H-pyrrole nitrogens is 1. The van der Waals surface area contributed by atoms with E-state index >= 15 is 0 Å². The molecule has 0 aliphatic carbocycles. The number of amides is 1. The molecule has 5 aromatic rings. The van der Waals surface area contributed by atoms with Gasteiger partial charge in [-0.25, -0.2) is 9.18 Å². The lowest BCUT2D eigenvalue weighted by atomic mass is 9.90. The number of aromatic nitrogens is 4. The molecule has 1 aliphatic heterocycles. The topological polar surface area (TPSA) is 105 Å². The molecule has 0 spiro atoms. The second kappa shape index (κ2) is 23.6. The number of carbonyl (C=O) groups excluding carboxylic acids is 2.